The molecule has 1 nitrogen and oxygen atoms in total. The fourth-order valence-electron chi connectivity index (χ4n) is 4.49. The second-order valence-corrected chi connectivity index (χ2v) is 9.92. The maximum absolute atomic E-state index is 4.07. The van der Waals surface area contributed by atoms with Crippen LogP contribution in [0, 0.1) is 0 Å². The zero-order valence-electron chi connectivity index (χ0n) is 23.7. The largest absolute Gasteiger partial charge is 0.356 e. The summed E-state index contributed by atoms with van der Waals surface area (Å²) >= 11 is 0. The molecule has 0 amide bonds. The molecule has 0 unspecified atom stereocenters. The standard InChI is InChI=1S/C39H37N/c1-7-9-13-31(8-2)35-25-36(33-14-11-10-12-15-33)27-37(26-35)34-18-22-39(23-19-34)40-38-20-16-32(17-21-38)30(6)24-29(5)28(3)4/h7-27,40H,1,3,5H2,2,4,6H3/b13-9-,30-24+,31-8+. The Kier molecular flexibility index (Phi) is 9.33. The average molecular weight is 520 g/mol. The lowest BCUT2D eigenvalue weighted by Crippen LogP contribution is -1.92. The van der Waals surface area contributed by atoms with Gasteiger partial charge >= 0.3 is 0 Å². The Morgan fingerprint density at radius 2 is 1.25 bits per heavy atom. The van der Waals surface area contributed by atoms with E-state index in [2.05, 4.69) is 154 Å². The van der Waals surface area contributed by atoms with Gasteiger partial charge in [0, 0.05) is 11.4 Å². The molecule has 4 aromatic carbocycles. The highest BCUT2D eigenvalue weighted by atomic mass is 14.9. The summed E-state index contributed by atoms with van der Waals surface area (Å²) in [5, 5.41) is 3.53. The van der Waals surface area contributed by atoms with E-state index in [1.807, 2.05) is 19.1 Å². The summed E-state index contributed by atoms with van der Waals surface area (Å²) in [6.45, 7) is 18.0. The van der Waals surface area contributed by atoms with Crippen LogP contribution in [-0.2, 0) is 0 Å². The van der Waals surface area contributed by atoms with Crippen molar-refractivity contribution in [3.63, 3.8) is 0 Å². The van der Waals surface area contributed by atoms with Crippen molar-refractivity contribution in [3.8, 4) is 22.3 Å². The van der Waals surface area contributed by atoms with Crippen LogP contribution in [0.4, 0.5) is 11.4 Å². The van der Waals surface area contributed by atoms with Crippen molar-refractivity contribution in [1.29, 1.82) is 0 Å². The highest BCUT2D eigenvalue weighted by Gasteiger charge is 2.08. The summed E-state index contributed by atoms with van der Waals surface area (Å²) in [5.74, 6) is 0. The number of hydrogen-bond donors (Lipinski definition) is 1. The van der Waals surface area contributed by atoms with E-state index in [9.17, 15) is 0 Å². The summed E-state index contributed by atoms with van der Waals surface area (Å²) in [7, 11) is 0. The molecule has 198 valence electrons. The van der Waals surface area contributed by atoms with Gasteiger partial charge in [0.2, 0.25) is 0 Å². The SMILES string of the molecule is C=C/C=C\C(=C/C)c1cc(-c2ccccc2)cc(-c2ccc(Nc3ccc(/C(C)=C/C(=C)C(=C)C)cc3)cc2)c1. The van der Waals surface area contributed by atoms with Gasteiger partial charge in [0.1, 0.15) is 0 Å². The van der Waals surface area contributed by atoms with Crippen LogP contribution >= 0.6 is 0 Å². The van der Waals surface area contributed by atoms with Crippen molar-refractivity contribution < 1.29 is 0 Å². The molecule has 0 radical (unpaired) electrons. The fraction of sp³-hybridized carbons (Fsp3) is 0.0769. The highest BCUT2D eigenvalue weighted by molar-refractivity contribution is 5.83. The van der Waals surface area contributed by atoms with Crippen molar-refractivity contribution in [2.24, 2.45) is 0 Å². The minimum atomic E-state index is 0.955. The fourth-order valence-corrected chi connectivity index (χ4v) is 4.49. The van der Waals surface area contributed by atoms with Gasteiger partial charge < -0.3 is 5.32 Å². The number of nitrogens with one attached hydrogen (secondary N) is 1. The van der Waals surface area contributed by atoms with Gasteiger partial charge in [-0.1, -0.05) is 110 Å². The Balaban J connectivity index is 1.59. The van der Waals surface area contributed by atoms with Crippen LogP contribution in [0.1, 0.15) is 31.9 Å². The molecule has 4 rings (SSSR count). The van der Waals surface area contributed by atoms with Gasteiger partial charge in [-0.05, 0) is 113 Å². The third kappa shape index (κ3) is 7.15. The Morgan fingerprint density at radius 3 is 1.80 bits per heavy atom. The van der Waals surface area contributed by atoms with Crippen LogP contribution in [0.3, 0.4) is 0 Å². The summed E-state index contributed by atoms with van der Waals surface area (Å²) in [6.07, 6.45) is 10.1. The third-order valence-electron chi connectivity index (χ3n) is 6.88. The van der Waals surface area contributed by atoms with E-state index < -0.39 is 0 Å². The van der Waals surface area contributed by atoms with Crippen LogP contribution < -0.4 is 5.32 Å². The van der Waals surface area contributed by atoms with Crippen molar-refractivity contribution in [1.82, 2.24) is 0 Å². The van der Waals surface area contributed by atoms with Gasteiger partial charge in [0.15, 0.2) is 0 Å². The molecule has 0 saturated carbocycles. The summed E-state index contributed by atoms with van der Waals surface area (Å²) in [5.41, 5.74) is 13.4. The topological polar surface area (TPSA) is 12.0 Å². The molecule has 0 heterocycles. The quantitative estimate of drug-likeness (QED) is 0.205. The first-order chi connectivity index (χ1) is 19.4. The van der Waals surface area contributed by atoms with Crippen molar-refractivity contribution in [2.75, 3.05) is 5.32 Å². The van der Waals surface area contributed by atoms with Gasteiger partial charge in [-0.2, -0.15) is 0 Å². The van der Waals surface area contributed by atoms with E-state index in [1.54, 1.807) is 0 Å². The second-order valence-electron chi connectivity index (χ2n) is 9.92. The molecule has 0 bridgehead atoms. The first-order valence-electron chi connectivity index (χ1n) is 13.5. The highest BCUT2D eigenvalue weighted by Crippen LogP contribution is 2.32. The molecule has 0 aliphatic carbocycles. The summed E-state index contributed by atoms with van der Waals surface area (Å²) in [6, 6.07) is 34.4. The number of benzene rings is 4. The first-order valence-corrected chi connectivity index (χ1v) is 13.5. The molecule has 0 saturated heterocycles. The lowest BCUT2D eigenvalue weighted by molar-refractivity contribution is 1.45. The molecule has 40 heavy (non-hydrogen) atoms. The summed E-state index contributed by atoms with van der Waals surface area (Å²) in [4.78, 5) is 0. The van der Waals surface area contributed by atoms with Crippen molar-refractivity contribution in [2.45, 2.75) is 20.8 Å². The van der Waals surface area contributed by atoms with E-state index in [0.717, 1.165) is 28.1 Å². The maximum atomic E-state index is 4.07. The summed E-state index contributed by atoms with van der Waals surface area (Å²) < 4.78 is 0. The Bertz CT molecular complexity index is 1590. The van der Waals surface area contributed by atoms with Crippen LogP contribution in [-0.4, -0.2) is 0 Å². The lowest BCUT2D eigenvalue weighted by Gasteiger charge is -2.13. The molecular weight excluding hydrogens is 482 g/mol. The number of anilines is 2. The van der Waals surface area contributed by atoms with Gasteiger partial charge in [0.05, 0.1) is 0 Å². The maximum Gasteiger partial charge on any atom is 0.0384 e. The van der Waals surface area contributed by atoms with E-state index in [-0.39, 0.29) is 0 Å². The molecule has 0 fully saturated rings. The van der Waals surface area contributed by atoms with E-state index in [1.165, 1.54) is 39.0 Å². The van der Waals surface area contributed by atoms with E-state index >= 15 is 0 Å². The molecule has 0 aliphatic rings. The minimum absolute atomic E-state index is 0.955. The molecule has 0 aromatic heterocycles. The van der Waals surface area contributed by atoms with Crippen LogP contribution in [0.15, 0.2) is 158 Å². The van der Waals surface area contributed by atoms with Crippen LogP contribution in [0.2, 0.25) is 0 Å². The van der Waals surface area contributed by atoms with Gasteiger partial charge in [0.25, 0.3) is 0 Å². The average Bonchev–Trinajstić information content (AvgIpc) is 2.98. The van der Waals surface area contributed by atoms with Crippen LogP contribution in [0.5, 0.6) is 0 Å². The molecule has 0 spiro atoms. The Hall–Kier alpha value is -4.88. The van der Waals surface area contributed by atoms with Crippen molar-refractivity contribution in [3.05, 3.63) is 169 Å². The van der Waals surface area contributed by atoms with Crippen LogP contribution in [0.25, 0.3) is 33.4 Å². The van der Waals surface area contributed by atoms with Gasteiger partial charge in [-0.15, -0.1) is 0 Å². The van der Waals surface area contributed by atoms with Crippen molar-refractivity contribution >= 4 is 22.5 Å². The zero-order valence-corrected chi connectivity index (χ0v) is 23.7. The predicted octanol–water partition coefficient (Wildman–Crippen LogP) is 11.4. The van der Waals surface area contributed by atoms with Gasteiger partial charge in [-0.3, -0.25) is 0 Å². The smallest absolute Gasteiger partial charge is 0.0384 e. The normalized spacial score (nSPS) is 11.9. The molecule has 1 N–H and O–H groups in total. The zero-order chi connectivity index (χ0) is 28.5. The molecular formula is C39H37N. The minimum Gasteiger partial charge on any atom is -0.356 e. The second kappa shape index (κ2) is 13.3. The molecule has 4 aromatic rings. The monoisotopic (exact) mass is 519 g/mol. The predicted molar refractivity (Wildman–Crippen MR) is 178 cm³/mol. The Labute approximate surface area is 239 Å². The third-order valence-corrected chi connectivity index (χ3v) is 6.88. The van der Waals surface area contributed by atoms with E-state index in [4.69, 9.17) is 0 Å². The number of allylic oxidation sites excluding steroid dienone is 9. The Morgan fingerprint density at radius 1 is 0.675 bits per heavy atom. The van der Waals surface area contributed by atoms with Gasteiger partial charge in [-0.25, -0.2) is 0 Å². The molecule has 1 heteroatoms. The van der Waals surface area contributed by atoms with E-state index in [0.29, 0.717) is 0 Å². The lowest BCUT2D eigenvalue weighted by atomic mass is 9.93. The molecule has 0 aliphatic heterocycles. The number of rotatable bonds is 10. The first kappa shape index (κ1) is 28.1. The number of hydrogen-bond acceptors (Lipinski definition) is 1. The molecule has 0 atom stereocenters.